The Morgan fingerprint density at radius 2 is 1.88 bits per heavy atom. The van der Waals surface area contributed by atoms with E-state index in [-0.39, 0.29) is 0 Å². The number of benzene rings is 1. The van der Waals surface area contributed by atoms with E-state index >= 15 is 0 Å². The highest BCUT2D eigenvalue weighted by atomic mass is 16.3. The van der Waals surface area contributed by atoms with Crippen molar-refractivity contribution < 1.29 is 4.42 Å². The van der Waals surface area contributed by atoms with E-state index in [1.807, 2.05) is 12.1 Å². The van der Waals surface area contributed by atoms with E-state index in [0.29, 0.717) is 6.54 Å². The molecule has 5 nitrogen and oxygen atoms in total. The summed E-state index contributed by atoms with van der Waals surface area (Å²) < 4.78 is 5.37. The van der Waals surface area contributed by atoms with Crippen LogP contribution in [0.3, 0.4) is 0 Å². The summed E-state index contributed by atoms with van der Waals surface area (Å²) >= 11 is 0. The Labute approximate surface area is 144 Å². The smallest absolute Gasteiger partial charge is 0.194 e. The van der Waals surface area contributed by atoms with Gasteiger partial charge in [-0.05, 0) is 24.6 Å². The Bertz CT molecular complexity index is 616. The van der Waals surface area contributed by atoms with Crippen LogP contribution in [0.1, 0.15) is 18.2 Å². The molecule has 0 bridgehead atoms. The highest BCUT2D eigenvalue weighted by Gasteiger charge is 2.19. The third-order valence-corrected chi connectivity index (χ3v) is 4.22. The van der Waals surface area contributed by atoms with Crippen LogP contribution in [-0.2, 0) is 13.1 Å². The van der Waals surface area contributed by atoms with Crippen molar-refractivity contribution >= 4 is 5.96 Å². The summed E-state index contributed by atoms with van der Waals surface area (Å²) in [6.07, 6.45) is 1.69. The van der Waals surface area contributed by atoms with Gasteiger partial charge in [-0.3, -0.25) is 4.90 Å². The molecular weight excluding hydrogens is 300 g/mol. The summed E-state index contributed by atoms with van der Waals surface area (Å²) in [5.74, 6) is 1.88. The van der Waals surface area contributed by atoms with Gasteiger partial charge in [0.15, 0.2) is 5.96 Å². The summed E-state index contributed by atoms with van der Waals surface area (Å²) in [4.78, 5) is 9.55. The highest BCUT2D eigenvalue weighted by molar-refractivity contribution is 5.80. The molecule has 0 radical (unpaired) electrons. The predicted molar refractivity (Wildman–Crippen MR) is 96.8 cm³/mol. The molecule has 0 unspecified atom stereocenters. The summed E-state index contributed by atoms with van der Waals surface area (Å²) in [5, 5.41) is 3.40. The first-order valence-corrected chi connectivity index (χ1v) is 8.67. The maximum atomic E-state index is 5.37. The van der Waals surface area contributed by atoms with Crippen LogP contribution in [-0.4, -0.2) is 48.5 Å². The molecule has 24 heavy (non-hydrogen) atoms. The number of nitrogens with zero attached hydrogens (tertiary/aromatic N) is 3. The number of furan rings is 1. The third kappa shape index (κ3) is 4.61. The number of piperazine rings is 1. The molecule has 1 aromatic heterocycles. The number of aliphatic imine (C=N–C) groups is 1. The minimum atomic E-state index is 0.583. The molecule has 0 saturated carbocycles. The first-order chi connectivity index (χ1) is 11.8. The summed E-state index contributed by atoms with van der Waals surface area (Å²) in [5.41, 5.74) is 1.38. The van der Waals surface area contributed by atoms with Gasteiger partial charge in [-0.15, -0.1) is 0 Å². The van der Waals surface area contributed by atoms with Crippen LogP contribution in [0, 0.1) is 0 Å². The van der Waals surface area contributed by atoms with E-state index in [2.05, 4.69) is 52.4 Å². The minimum absolute atomic E-state index is 0.583. The van der Waals surface area contributed by atoms with Crippen LogP contribution in [0.4, 0.5) is 0 Å². The molecule has 3 rings (SSSR count). The fraction of sp³-hybridized carbons (Fsp3) is 0.421. The van der Waals surface area contributed by atoms with Gasteiger partial charge in [-0.1, -0.05) is 30.3 Å². The van der Waals surface area contributed by atoms with Crippen LogP contribution < -0.4 is 5.32 Å². The van der Waals surface area contributed by atoms with Gasteiger partial charge in [0.25, 0.3) is 0 Å². The monoisotopic (exact) mass is 326 g/mol. The summed E-state index contributed by atoms with van der Waals surface area (Å²) in [6.45, 7) is 8.69. The van der Waals surface area contributed by atoms with Crippen molar-refractivity contribution in [1.82, 2.24) is 15.1 Å². The molecule has 1 aliphatic rings. The molecule has 128 valence electrons. The first-order valence-electron chi connectivity index (χ1n) is 8.67. The van der Waals surface area contributed by atoms with Gasteiger partial charge in [-0.25, -0.2) is 4.99 Å². The zero-order chi connectivity index (χ0) is 16.6. The minimum Gasteiger partial charge on any atom is -0.467 e. The second kappa shape index (κ2) is 8.55. The number of rotatable bonds is 5. The summed E-state index contributed by atoms with van der Waals surface area (Å²) in [6, 6.07) is 14.5. The molecule has 2 aromatic rings. The van der Waals surface area contributed by atoms with E-state index in [1.54, 1.807) is 6.26 Å². The Hall–Kier alpha value is -2.27. The van der Waals surface area contributed by atoms with E-state index in [0.717, 1.165) is 51.0 Å². The van der Waals surface area contributed by atoms with Crippen molar-refractivity contribution in [2.45, 2.75) is 20.0 Å². The van der Waals surface area contributed by atoms with Crippen LogP contribution in [0.15, 0.2) is 58.1 Å². The zero-order valence-electron chi connectivity index (χ0n) is 14.3. The second-order valence-electron chi connectivity index (χ2n) is 6.00. The number of hydrogen-bond donors (Lipinski definition) is 1. The molecule has 5 heteroatoms. The second-order valence-corrected chi connectivity index (χ2v) is 6.00. The van der Waals surface area contributed by atoms with Gasteiger partial charge in [0.05, 0.1) is 6.26 Å². The zero-order valence-corrected chi connectivity index (χ0v) is 14.3. The Balaban J connectivity index is 1.54. The lowest BCUT2D eigenvalue weighted by molar-refractivity contribution is 0.172. The maximum absolute atomic E-state index is 5.37. The lowest BCUT2D eigenvalue weighted by atomic mass is 10.2. The van der Waals surface area contributed by atoms with Crippen molar-refractivity contribution in [2.75, 3.05) is 32.7 Å². The number of guanidine groups is 1. The van der Waals surface area contributed by atoms with E-state index < -0.39 is 0 Å². The van der Waals surface area contributed by atoms with Crippen LogP contribution >= 0.6 is 0 Å². The molecule has 1 saturated heterocycles. The molecule has 1 aromatic carbocycles. The van der Waals surface area contributed by atoms with E-state index in [4.69, 9.17) is 9.41 Å². The quantitative estimate of drug-likeness (QED) is 0.677. The van der Waals surface area contributed by atoms with Crippen molar-refractivity contribution in [3.8, 4) is 0 Å². The SMILES string of the molecule is CCNC(=NCc1ccco1)N1CCN(Cc2ccccc2)CC1. The Morgan fingerprint density at radius 3 is 2.54 bits per heavy atom. The van der Waals surface area contributed by atoms with Gasteiger partial charge >= 0.3 is 0 Å². The third-order valence-electron chi connectivity index (χ3n) is 4.22. The molecule has 1 fully saturated rings. The van der Waals surface area contributed by atoms with Gasteiger partial charge in [-0.2, -0.15) is 0 Å². The molecule has 0 amide bonds. The number of nitrogens with one attached hydrogen (secondary N) is 1. The lowest BCUT2D eigenvalue weighted by Crippen LogP contribution is -2.52. The average molecular weight is 326 g/mol. The molecular formula is C19H26N4O. The van der Waals surface area contributed by atoms with Crippen LogP contribution in [0.2, 0.25) is 0 Å². The van der Waals surface area contributed by atoms with Crippen molar-refractivity contribution in [2.24, 2.45) is 4.99 Å². The standard InChI is InChI=1S/C19H26N4O/c1-2-20-19(21-15-18-9-6-14-24-18)23-12-10-22(11-13-23)16-17-7-4-3-5-8-17/h3-9,14H,2,10-13,15-16H2,1H3,(H,20,21). The molecule has 2 heterocycles. The van der Waals surface area contributed by atoms with Crippen molar-refractivity contribution in [3.05, 3.63) is 60.1 Å². The average Bonchev–Trinajstić information content (AvgIpc) is 3.14. The van der Waals surface area contributed by atoms with E-state index in [1.165, 1.54) is 5.56 Å². The van der Waals surface area contributed by atoms with Gasteiger partial charge in [0.2, 0.25) is 0 Å². The summed E-state index contributed by atoms with van der Waals surface area (Å²) in [7, 11) is 0. The van der Waals surface area contributed by atoms with Crippen LogP contribution in [0.25, 0.3) is 0 Å². The van der Waals surface area contributed by atoms with Crippen molar-refractivity contribution in [3.63, 3.8) is 0 Å². The topological polar surface area (TPSA) is 44.0 Å². The first kappa shape index (κ1) is 16.6. The molecule has 0 spiro atoms. The highest BCUT2D eigenvalue weighted by Crippen LogP contribution is 2.09. The number of hydrogen-bond acceptors (Lipinski definition) is 3. The molecule has 0 atom stereocenters. The fourth-order valence-electron chi connectivity index (χ4n) is 2.94. The largest absolute Gasteiger partial charge is 0.467 e. The lowest BCUT2D eigenvalue weighted by Gasteiger charge is -2.36. The van der Waals surface area contributed by atoms with Gasteiger partial charge < -0.3 is 14.6 Å². The van der Waals surface area contributed by atoms with Gasteiger partial charge in [0, 0.05) is 39.3 Å². The van der Waals surface area contributed by atoms with Crippen LogP contribution in [0.5, 0.6) is 0 Å². The normalized spacial score (nSPS) is 16.4. The molecule has 0 aliphatic carbocycles. The maximum Gasteiger partial charge on any atom is 0.194 e. The van der Waals surface area contributed by atoms with Gasteiger partial charge in [0.1, 0.15) is 12.3 Å². The molecule has 1 N–H and O–H groups in total. The fourth-order valence-corrected chi connectivity index (χ4v) is 2.94. The Kier molecular flexibility index (Phi) is 5.90. The predicted octanol–water partition coefficient (Wildman–Crippen LogP) is 2.56. The van der Waals surface area contributed by atoms with E-state index in [9.17, 15) is 0 Å². The van der Waals surface area contributed by atoms with Crippen molar-refractivity contribution in [1.29, 1.82) is 0 Å². The molecule has 1 aliphatic heterocycles. The Morgan fingerprint density at radius 1 is 1.08 bits per heavy atom.